The van der Waals surface area contributed by atoms with E-state index in [9.17, 15) is 0 Å². The lowest BCUT2D eigenvalue weighted by Crippen LogP contribution is -1.94. The normalized spacial score (nSPS) is 10.8. The minimum atomic E-state index is 0.668. The van der Waals surface area contributed by atoms with Gasteiger partial charge in [-0.05, 0) is 18.2 Å². The molecular weight excluding hydrogens is 294 g/mol. The predicted octanol–water partition coefficient (Wildman–Crippen LogP) is 3.17. The molecule has 0 bridgehead atoms. The van der Waals surface area contributed by atoms with E-state index in [1.165, 1.54) is 0 Å². The third-order valence-corrected chi connectivity index (χ3v) is 3.11. The summed E-state index contributed by atoms with van der Waals surface area (Å²) in [7, 11) is 1.62. The van der Waals surface area contributed by atoms with Crippen molar-refractivity contribution in [2.45, 2.75) is 0 Å². The number of fused-ring (bicyclic) bond motifs is 1. The Morgan fingerprint density at radius 3 is 2.78 bits per heavy atom. The Kier molecular flexibility index (Phi) is 2.76. The van der Waals surface area contributed by atoms with Crippen molar-refractivity contribution in [3.63, 3.8) is 0 Å². The Balaban J connectivity index is 2.19. The van der Waals surface area contributed by atoms with Crippen LogP contribution in [0.2, 0.25) is 0 Å². The molecule has 3 aromatic rings. The zero-order valence-corrected chi connectivity index (χ0v) is 11.3. The van der Waals surface area contributed by atoms with Crippen molar-refractivity contribution in [3.8, 4) is 17.3 Å². The fourth-order valence-electron chi connectivity index (χ4n) is 1.79. The summed E-state index contributed by atoms with van der Waals surface area (Å²) in [5.74, 6) is 1.35. The quantitative estimate of drug-likeness (QED) is 0.730. The number of ether oxygens (including phenoxy) is 1. The van der Waals surface area contributed by atoms with Crippen molar-refractivity contribution in [3.05, 3.63) is 46.9 Å². The van der Waals surface area contributed by atoms with Crippen molar-refractivity contribution in [2.24, 2.45) is 0 Å². The van der Waals surface area contributed by atoms with Gasteiger partial charge >= 0.3 is 0 Å². The lowest BCUT2D eigenvalue weighted by atomic mass is 10.2. The maximum absolute atomic E-state index is 5.25. The number of nitrogens with zero attached hydrogens (tertiary/aromatic N) is 3. The fourth-order valence-corrected chi connectivity index (χ4v) is 2.18. The lowest BCUT2D eigenvalue weighted by Gasteiger charge is -1.99. The van der Waals surface area contributed by atoms with E-state index in [2.05, 4.69) is 26.0 Å². The van der Waals surface area contributed by atoms with Gasteiger partial charge < -0.3 is 4.74 Å². The Morgan fingerprint density at radius 2 is 2.00 bits per heavy atom. The van der Waals surface area contributed by atoms with Crippen LogP contribution in [0, 0.1) is 0 Å². The zero-order chi connectivity index (χ0) is 12.5. The number of halogens is 1. The van der Waals surface area contributed by atoms with Crippen molar-refractivity contribution in [1.82, 2.24) is 14.6 Å². The number of methoxy groups -OCH3 is 1. The molecule has 18 heavy (non-hydrogen) atoms. The number of rotatable bonds is 2. The summed E-state index contributed by atoms with van der Waals surface area (Å²) in [6.45, 7) is 0. The molecule has 0 saturated carbocycles. The van der Waals surface area contributed by atoms with Gasteiger partial charge in [-0.25, -0.2) is 4.98 Å². The van der Waals surface area contributed by atoms with Crippen LogP contribution >= 0.6 is 15.9 Å². The number of hydrogen-bond donors (Lipinski definition) is 0. The van der Waals surface area contributed by atoms with Gasteiger partial charge in [0.05, 0.1) is 7.11 Å². The van der Waals surface area contributed by atoms with Gasteiger partial charge in [0.1, 0.15) is 0 Å². The minimum absolute atomic E-state index is 0.668. The van der Waals surface area contributed by atoms with E-state index in [-0.39, 0.29) is 0 Å². The average molecular weight is 304 g/mol. The third-order valence-electron chi connectivity index (χ3n) is 2.62. The fraction of sp³-hybridized carbons (Fsp3) is 0.0769. The lowest BCUT2D eigenvalue weighted by molar-refractivity contribution is 0.386. The van der Waals surface area contributed by atoms with Crippen molar-refractivity contribution >= 4 is 21.6 Å². The van der Waals surface area contributed by atoms with Crippen LogP contribution in [-0.2, 0) is 0 Å². The summed E-state index contributed by atoms with van der Waals surface area (Å²) in [4.78, 5) is 4.48. The molecule has 0 fully saturated rings. The van der Waals surface area contributed by atoms with E-state index in [4.69, 9.17) is 4.74 Å². The summed E-state index contributed by atoms with van der Waals surface area (Å²) in [6, 6.07) is 13.5. The van der Waals surface area contributed by atoms with Crippen LogP contribution in [0.25, 0.3) is 17.0 Å². The van der Waals surface area contributed by atoms with E-state index in [0.717, 1.165) is 15.7 Å². The highest BCUT2D eigenvalue weighted by atomic mass is 79.9. The minimum Gasteiger partial charge on any atom is -0.481 e. The Morgan fingerprint density at radius 1 is 1.17 bits per heavy atom. The van der Waals surface area contributed by atoms with Crippen molar-refractivity contribution in [2.75, 3.05) is 7.11 Å². The van der Waals surface area contributed by atoms with Gasteiger partial charge in [-0.15, -0.1) is 5.10 Å². The molecule has 2 heterocycles. The molecule has 0 saturated heterocycles. The highest BCUT2D eigenvalue weighted by molar-refractivity contribution is 9.10. The number of aromatic nitrogens is 3. The summed E-state index contributed by atoms with van der Waals surface area (Å²) in [6.07, 6.45) is 0. The second kappa shape index (κ2) is 4.42. The molecule has 0 unspecified atom stereocenters. The molecule has 4 nitrogen and oxygen atoms in total. The van der Waals surface area contributed by atoms with E-state index in [0.29, 0.717) is 11.7 Å². The molecule has 3 rings (SSSR count). The molecule has 0 aliphatic rings. The van der Waals surface area contributed by atoms with Gasteiger partial charge in [0.25, 0.3) is 0 Å². The molecule has 0 aliphatic heterocycles. The summed E-state index contributed by atoms with van der Waals surface area (Å²) < 4.78 is 7.95. The molecular formula is C13H10BrN3O. The van der Waals surface area contributed by atoms with Crippen LogP contribution in [0.1, 0.15) is 0 Å². The number of pyridine rings is 1. The number of benzene rings is 1. The molecule has 0 radical (unpaired) electrons. The van der Waals surface area contributed by atoms with Crippen molar-refractivity contribution < 1.29 is 4.74 Å². The monoisotopic (exact) mass is 303 g/mol. The first kappa shape index (κ1) is 11.2. The third kappa shape index (κ3) is 1.86. The standard InChI is InChI=1S/C13H10BrN3O/c1-18-12-7-3-6-11-15-13(16-17(11)12)9-4-2-5-10(14)8-9/h2-8H,1H3. The Hall–Kier alpha value is -1.88. The number of hydrogen-bond acceptors (Lipinski definition) is 3. The van der Waals surface area contributed by atoms with Gasteiger partial charge in [0.2, 0.25) is 5.88 Å². The largest absolute Gasteiger partial charge is 0.481 e. The second-order valence-electron chi connectivity index (χ2n) is 3.78. The molecule has 2 aromatic heterocycles. The predicted molar refractivity (Wildman–Crippen MR) is 72.7 cm³/mol. The van der Waals surface area contributed by atoms with Crippen LogP contribution < -0.4 is 4.74 Å². The molecule has 0 amide bonds. The first-order valence-corrected chi connectivity index (χ1v) is 6.23. The van der Waals surface area contributed by atoms with E-state index >= 15 is 0 Å². The molecule has 1 aromatic carbocycles. The van der Waals surface area contributed by atoms with E-state index in [1.807, 2.05) is 42.5 Å². The SMILES string of the molecule is COc1cccc2nc(-c3cccc(Br)c3)nn12. The zero-order valence-electron chi connectivity index (χ0n) is 9.67. The maximum Gasteiger partial charge on any atom is 0.216 e. The Bertz CT molecular complexity index is 708. The van der Waals surface area contributed by atoms with Gasteiger partial charge in [-0.2, -0.15) is 4.52 Å². The molecule has 0 atom stereocenters. The first-order valence-electron chi connectivity index (χ1n) is 5.43. The van der Waals surface area contributed by atoms with Crippen LogP contribution in [0.4, 0.5) is 0 Å². The molecule has 5 heteroatoms. The highest BCUT2D eigenvalue weighted by Crippen LogP contribution is 2.22. The van der Waals surface area contributed by atoms with E-state index in [1.54, 1.807) is 11.6 Å². The molecule has 0 spiro atoms. The van der Waals surface area contributed by atoms with Crippen molar-refractivity contribution in [1.29, 1.82) is 0 Å². The molecule has 90 valence electrons. The van der Waals surface area contributed by atoms with E-state index < -0.39 is 0 Å². The first-order chi connectivity index (χ1) is 8.78. The smallest absolute Gasteiger partial charge is 0.216 e. The van der Waals surface area contributed by atoms with Crippen LogP contribution in [-0.4, -0.2) is 21.7 Å². The summed E-state index contributed by atoms with van der Waals surface area (Å²) >= 11 is 3.44. The van der Waals surface area contributed by atoms with Gasteiger partial charge in [-0.1, -0.05) is 34.1 Å². The summed E-state index contributed by atoms with van der Waals surface area (Å²) in [5.41, 5.74) is 1.74. The Labute approximate surface area is 112 Å². The highest BCUT2D eigenvalue weighted by Gasteiger charge is 2.09. The van der Waals surface area contributed by atoms with Crippen LogP contribution in [0.3, 0.4) is 0 Å². The van der Waals surface area contributed by atoms with Gasteiger partial charge in [-0.3, -0.25) is 0 Å². The maximum atomic E-state index is 5.25. The van der Waals surface area contributed by atoms with Gasteiger partial charge in [0, 0.05) is 16.1 Å². The summed E-state index contributed by atoms with van der Waals surface area (Å²) in [5, 5.41) is 4.45. The van der Waals surface area contributed by atoms with Crippen LogP contribution in [0.5, 0.6) is 5.88 Å². The second-order valence-corrected chi connectivity index (χ2v) is 4.70. The van der Waals surface area contributed by atoms with Gasteiger partial charge in [0.15, 0.2) is 11.5 Å². The molecule has 0 N–H and O–H groups in total. The van der Waals surface area contributed by atoms with Crippen LogP contribution in [0.15, 0.2) is 46.9 Å². The topological polar surface area (TPSA) is 39.4 Å². The average Bonchev–Trinajstić information content (AvgIpc) is 2.82. The molecule has 0 aliphatic carbocycles.